The molecule has 0 spiro atoms. The van der Waals surface area contributed by atoms with E-state index in [2.05, 4.69) is 0 Å². The molecule has 0 saturated carbocycles. The second kappa shape index (κ2) is 6.61. The Morgan fingerprint density at radius 3 is 2.29 bits per heavy atom. The Labute approximate surface area is 126 Å². The molecule has 0 aliphatic heterocycles. The summed E-state index contributed by atoms with van der Waals surface area (Å²) in [5.74, 6) is 0.779. The Morgan fingerprint density at radius 1 is 1.00 bits per heavy atom. The highest BCUT2D eigenvalue weighted by molar-refractivity contribution is 5.88. The monoisotopic (exact) mass is 285 g/mol. The van der Waals surface area contributed by atoms with E-state index in [4.69, 9.17) is 4.74 Å². The van der Waals surface area contributed by atoms with Crippen LogP contribution in [-0.4, -0.2) is 29.5 Å². The molecule has 0 N–H and O–H groups in total. The Kier molecular flexibility index (Phi) is 4.84. The van der Waals surface area contributed by atoms with Gasteiger partial charge in [-0.3, -0.25) is 4.79 Å². The van der Waals surface area contributed by atoms with Crippen molar-refractivity contribution in [3.8, 4) is 5.75 Å². The maximum Gasteiger partial charge on any atom is 0.260 e. The van der Waals surface area contributed by atoms with Gasteiger partial charge in [-0.15, -0.1) is 0 Å². The van der Waals surface area contributed by atoms with Gasteiger partial charge in [0.15, 0.2) is 6.61 Å². The summed E-state index contributed by atoms with van der Waals surface area (Å²) in [5, 5.41) is 2.15. The number of amides is 1. The van der Waals surface area contributed by atoms with Gasteiger partial charge in [-0.2, -0.15) is 0 Å². The van der Waals surface area contributed by atoms with Crippen molar-refractivity contribution >= 4 is 16.7 Å². The number of hydrogen-bond donors (Lipinski definition) is 0. The zero-order valence-electron chi connectivity index (χ0n) is 13.2. The predicted octanol–water partition coefficient (Wildman–Crippen LogP) is 3.86. The quantitative estimate of drug-likeness (QED) is 0.834. The van der Waals surface area contributed by atoms with Crippen LogP contribution in [0.3, 0.4) is 0 Å². The molecule has 0 saturated heterocycles. The molecular formula is C18H23NO2. The van der Waals surface area contributed by atoms with Crippen LogP contribution in [0.1, 0.15) is 27.7 Å². The molecule has 2 rings (SSSR count). The topological polar surface area (TPSA) is 29.5 Å². The van der Waals surface area contributed by atoms with Crippen LogP contribution in [0.2, 0.25) is 0 Å². The van der Waals surface area contributed by atoms with Crippen molar-refractivity contribution in [2.24, 2.45) is 0 Å². The summed E-state index contributed by atoms with van der Waals surface area (Å²) in [6.07, 6.45) is 0. The molecule has 0 aromatic heterocycles. The fourth-order valence-corrected chi connectivity index (χ4v) is 2.71. The molecule has 112 valence electrons. The minimum absolute atomic E-state index is 0.0212. The van der Waals surface area contributed by atoms with E-state index in [9.17, 15) is 4.79 Å². The van der Waals surface area contributed by atoms with Crippen molar-refractivity contribution < 1.29 is 9.53 Å². The Morgan fingerprint density at radius 2 is 1.62 bits per heavy atom. The summed E-state index contributed by atoms with van der Waals surface area (Å²) < 4.78 is 5.77. The summed E-state index contributed by atoms with van der Waals surface area (Å²) in [4.78, 5) is 14.2. The molecule has 3 nitrogen and oxygen atoms in total. The van der Waals surface area contributed by atoms with Crippen LogP contribution in [0.4, 0.5) is 0 Å². The molecule has 0 fully saturated rings. The molecule has 0 radical (unpaired) electrons. The van der Waals surface area contributed by atoms with Gasteiger partial charge in [0.2, 0.25) is 0 Å². The molecule has 0 unspecified atom stereocenters. The largest absolute Gasteiger partial charge is 0.483 e. The van der Waals surface area contributed by atoms with Crippen LogP contribution in [0.15, 0.2) is 42.5 Å². The second-order valence-electron chi connectivity index (χ2n) is 5.75. The third-order valence-electron chi connectivity index (χ3n) is 3.50. The Bertz CT molecular complexity index is 606. The van der Waals surface area contributed by atoms with Crippen molar-refractivity contribution in [1.82, 2.24) is 4.90 Å². The maximum absolute atomic E-state index is 12.3. The molecule has 0 atom stereocenters. The average Bonchev–Trinajstić information content (AvgIpc) is 2.44. The predicted molar refractivity (Wildman–Crippen MR) is 86.6 cm³/mol. The number of nitrogens with zero attached hydrogens (tertiary/aromatic N) is 1. The fourth-order valence-electron chi connectivity index (χ4n) is 2.71. The third-order valence-corrected chi connectivity index (χ3v) is 3.50. The van der Waals surface area contributed by atoms with Gasteiger partial charge in [-0.05, 0) is 39.1 Å². The van der Waals surface area contributed by atoms with Gasteiger partial charge in [0.1, 0.15) is 5.75 Å². The van der Waals surface area contributed by atoms with Gasteiger partial charge in [-0.25, -0.2) is 0 Å². The van der Waals surface area contributed by atoms with E-state index in [0.717, 1.165) is 16.5 Å². The normalized spacial score (nSPS) is 11.1. The number of carbonyl (C=O) groups excluding carboxylic acids is 1. The van der Waals surface area contributed by atoms with Gasteiger partial charge in [0.05, 0.1) is 0 Å². The molecule has 21 heavy (non-hydrogen) atoms. The molecule has 3 heteroatoms. The van der Waals surface area contributed by atoms with E-state index in [1.54, 1.807) is 0 Å². The maximum atomic E-state index is 12.3. The lowest BCUT2D eigenvalue weighted by Gasteiger charge is -2.30. The first-order valence-electron chi connectivity index (χ1n) is 7.42. The zero-order chi connectivity index (χ0) is 15.4. The smallest absolute Gasteiger partial charge is 0.260 e. The van der Waals surface area contributed by atoms with Crippen LogP contribution >= 0.6 is 0 Å². The van der Waals surface area contributed by atoms with Gasteiger partial charge in [0.25, 0.3) is 5.91 Å². The summed E-state index contributed by atoms with van der Waals surface area (Å²) in [6.45, 7) is 8.17. The van der Waals surface area contributed by atoms with Crippen molar-refractivity contribution in [1.29, 1.82) is 0 Å². The van der Waals surface area contributed by atoms with Gasteiger partial charge < -0.3 is 9.64 Å². The molecule has 1 amide bonds. The first-order valence-corrected chi connectivity index (χ1v) is 7.42. The number of benzene rings is 2. The Hall–Kier alpha value is -2.03. The van der Waals surface area contributed by atoms with Crippen molar-refractivity contribution in [3.63, 3.8) is 0 Å². The molecule has 2 aromatic rings. The van der Waals surface area contributed by atoms with E-state index in [1.807, 2.05) is 75.1 Å². The van der Waals surface area contributed by atoms with Gasteiger partial charge in [-0.1, -0.05) is 36.4 Å². The Balaban J connectivity index is 2.13. The highest BCUT2D eigenvalue weighted by atomic mass is 16.5. The van der Waals surface area contributed by atoms with Crippen LogP contribution in [0.25, 0.3) is 10.8 Å². The van der Waals surface area contributed by atoms with E-state index in [0.29, 0.717) is 0 Å². The zero-order valence-corrected chi connectivity index (χ0v) is 13.2. The van der Waals surface area contributed by atoms with Crippen molar-refractivity contribution in [3.05, 3.63) is 42.5 Å². The molecule has 0 heterocycles. The lowest BCUT2D eigenvalue weighted by molar-refractivity contribution is -0.136. The highest BCUT2D eigenvalue weighted by Gasteiger charge is 2.20. The molecule has 2 aromatic carbocycles. The number of hydrogen-bond acceptors (Lipinski definition) is 2. The minimum atomic E-state index is 0.0212. The van der Waals surface area contributed by atoms with Crippen LogP contribution in [0, 0.1) is 0 Å². The first-order chi connectivity index (χ1) is 10.0. The number of fused-ring (bicyclic) bond motifs is 1. The van der Waals surface area contributed by atoms with E-state index < -0.39 is 0 Å². The molecule has 0 aliphatic rings. The molecule has 0 bridgehead atoms. The number of rotatable bonds is 5. The van der Waals surface area contributed by atoms with Gasteiger partial charge in [0, 0.05) is 17.5 Å². The van der Waals surface area contributed by atoms with Crippen molar-refractivity contribution in [2.75, 3.05) is 6.61 Å². The summed E-state index contributed by atoms with van der Waals surface area (Å²) >= 11 is 0. The minimum Gasteiger partial charge on any atom is -0.483 e. The van der Waals surface area contributed by atoms with E-state index in [-0.39, 0.29) is 24.6 Å². The van der Waals surface area contributed by atoms with Crippen LogP contribution in [0.5, 0.6) is 5.75 Å². The molecular weight excluding hydrogens is 262 g/mol. The van der Waals surface area contributed by atoms with E-state index in [1.165, 1.54) is 0 Å². The lowest BCUT2D eigenvalue weighted by atomic mass is 10.1. The first kappa shape index (κ1) is 15.4. The second-order valence-corrected chi connectivity index (χ2v) is 5.75. The summed E-state index contributed by atoms with van der Waals surface area (Å²) in [7, 11) is 0. The van der Waals surface area contributed by atoms with Gasteiger partial charge >= 0.3 is 0 Å². The fraction of sp³-hybridized carbons (Fsp3) is 0.389. The SMILES string of the molecule is CC(C)N(C(=O)COc1cccc2ccccc12)C(C)C. The summed E-state index contributed by atoms with van der Waals surface area (Å²) in [6, 6.07) is 14.3. The number of ether oxygens (including phenoxy) is 1. The standard InChI is InChI=1S/C18H23NO2/c1-13(2)19(14(3)4)18(20)12-21-17-11-7-9-15-8-5-6-10-16(15)17/h5-11,13-14H,12H2,1-4H3. The number of carbonyl (C=O) groups is 1. The van der Waals surface area contributed by atoms with Crippen molar-refractivity contribution in [2.45, 2.75) is 39.8 Å². The van der Waals surface area contributed by atoms with E-state index >= 15 is 0 Å². The van der Waals surface area contributed by atoms with Crippen LogP contribution in [-0.2, 0) is 4.79 Å². The third kappa shape index (κ3) is 3.54. The molecule has 0 aliphatic carbocycles. The highest BCUT2D eigenvalue weighted by Crippen LogP contribution is 2.25. The lowest BCUT2D eigenvalue weighted by Crippen LogP contribution is -2.44. The van der Waals surface area contributed by atoms with Crippen LogP contribution < -0.4 is 4.74 Å². The summed E-state index contributed by atoms with van der Waals surface area (Å²) in [5.41, 5.74) is 0. The average molecular weight is 285 g/mol.